The number of rotatable bonds is 4. The molecule has 1 aliphatic rings. The average molecular weight is 325 g/mol. The third-order valence-corrected chi connectivity index (χ3v) is 4.05. The van der Waals surface area contributed by atoms with Gasteiger partial charge in [-0.25, -0.2) is 0 Å². The number of amides is 1. The molecule has 1 saturated heterocycles. The topological polar surface area (TPSA) is 32.3 Å². The number of nitrogens with zero attached hydrogens (tertiary/aromatic N) is 1. The standard InChI is InChI=1S/C15H21BrN2O/c1-12-3-2-9-18(11-12)10-8-15(19)17-14-6-4-13(16)5-7-14/h4-7,12H,2-3,8-11H2,1H3,(H,17,19)/t12-/m1/s1. The van der Waals surface area contributed by atoms with Gasteiger partial charge in [0.15, 0.2) is 0 Å². The number of hydrogen-bond acceptors (Lipinski definition) is 2. The molecule has 2 rings (SSSR count). The normalized spacial score (nSPS) is 20.2. The van der Waals surface area contributed by atoms with Crippen molar-refractivity contribution in [1.82, 2.24) is 4.90 Å². The highest BCUT2D eigenvalue weighted by Gasteiger charge is 2.16. The molecule has 104 valence electrons. The van der Waals surface area contributed by atoms with Crippen molar-refractivity contribution >= 4 is 27.5 Å². The second-order valence-electron chi connectivity index (χ2n) is 5.35. The van der Waals surface area contributed by atoms with Crippen molar-refractivity contribution in [2.75, 3.05) is 25.0 Å². The van der Waals surface area contributed by atoms with Gasteiger partial charge in [-0.3, -0.25) is 4.79 Å². The molecule has 0 saturated carbocycles. The Hall–Kier alpha value is -0.870. The Labute approximate surface area is 123 Å². The number of anilines is 1. The summed E-state index contributed by atoms with van der Waals surface area (Å²) in [5, 5.41) is 2.93. The molecule has 1 aromatic rings. The van der Waals surface area contributed by atoms with E-state index in [1.165, 1.54) is 12.8 Å². The molecule has 0 aromatic heterocycles. The van der Waals surface area contributed by atoms with E-state index in [9.17, 15) is 4.79 Å². The average Bonchev–Trinajstić information content (AvgIpc) is 2.39. The number of likely N-dealkylation sites (tertiary alicyclic amines) is 1. The van der Waals surface area contributed by atoms with Gasteiger partial charge in [-0.2, -0.15) is 0 Å². The summed E-state index contributed by atoms with van der Waals surface area (Å²) in [5.74, 6) is 0.865. The Kier molecular flexibility index (Phi) is 5.40. The molecule has 0 unspecified atom stereocenters. The number of halogens is 1. The van der Waals surface area contributed by atoms with Crippen LogP contribution in [-0.4, -0.2) is 30.4 Å². The number of carbonyl (C=O) groups excluding carboxylic acids is 1. The van der Waals surface area contributed by atoms with Gasteiger partial charge in [-0.1, -0.05) is 22.9 Å². The molecule has 0 bridgehead atoms. The maximum absolute atomic E-state index is 11.9. The molecule has 0 radical (unpaired) electrons. The second-order valence-corrected chi connectivity index (χ2v) is 6.27. The maximum Gasteiger partial charge on any atom is 0.225 e. The molecule has 0 aliphatic carbocycles. The molecular formula is C15H21BrN2O. The van der Waals surface area contributed by atoms with Crippen LogP contribution in [0.2, 0.25) is 0 Å². The number of hydrogen-bond donors (Lipinski definition) is 1. The monoisotopic (exact) mass is 324 g/mol. The Bertz CT molecular complexity index is 419. The summed E-state index contributed by atoms with van der Waals surface area (Å²) in [4.78, 5) is 14.3. The molecule has 1 aliphatic heterocycles. The lowest BCUT2D eigenvalue weighted by Gasteiger charge is -2.30. The predicted octanol–water partition coefficient (Wildman–Crippen LogP) is 3.51. The molecular weight excluding hydrogens is 304 g/mol. The Morgan fingerprint density at radius 2 is 2.16 bits per heavy atom. The molecule has 1 amide bonds. The van der Waals surface area contributed by atoms with E-state index in [2.05, 4.69) is 33.1 Å². The van der Waals surface area contributed by atoms with Crippen molar-refractivity contribution in [2.45, 2.75) is 26.2 Å². The lowest BCUT2D eigenvalue weighted by molar-refractivity contribution is -0.116. The summed E-state index contributed by atoms with van der Waals surface area (Å²) in [6.07, 6.45) is 3.15. The van der Waals surface area contributed by atoms with Crippen LogP contribution >= 0.6 is 15.9 Å². The molecule has 19 heavy (non-hydrogen) atoms. The minimum absolute atomic E-state index is 0.0977. The van der Waals surface area contributed by atoms with Crippen molar-refractivity contribution in [3.05, 3.63) is 28.7 Å². The van der Waals surface area contributed by atoms with Crippen LogP contribution < -0.4 is 5.32 Å². The van der Waals surface area contributed by atoms with Gasteiger partial charge in [0.2, 0.25) is 5.91 Å². The first-order chi connectivity index (χ1) is 9.13. The molecule has 1 N–H and O–H groups in total. The first kappa shape index (κ1) is 14.5. The van der Waals surface area contributed by atoms with Crippen molar-refractivity contribution in [2.24, 2.45) is 5.92 Å². The van der Waals surface area contributed by atoms with Gasteiger partial charge in [0.25, 0.3) is 0 Å². The fourth-order valence-electron chi connectivity index (χ4n) is 2.51. The highest BCUT2D eigenvalue weighted by atomic mass is 79.9. The van der Waals surface area contributed by atoms with Crippen molar-refractivity contribution in [3.63, 3.8) is 0 Å². The molecule has 1 atom stereocenters. The fourth-order valence-corrected chi connectivity index (χ4v) is 2.77. The summed E-state index contributed by atoms with van der Waals surface area (Å²) in [6, 6.07) is 7.68. The Balaban J connectivity index is 1.73. The SMILES string of the molecule is C[C@@H]1CCCN(CCC(=O)Nc2ccc(Br)cc2)C1. The van der Waals surface area contributed by atoms with Gasteiger partial charge in [-0.05, 0) is 49.6 Å². The number of benzene rings is 1. The number of nitrogens with one attached hydrogen (secondary N) is 1. The minimum Gasteiger partial charge on any atom is -0.326 e. The van der Waals surface area contributed by atoms with Gasteiger partial charge < -0.3 is 10.2 Å². The zero-order valence-corrected chi connectivity index (χ0v) is 12.9. The largest absolute Gasteiger partial charge is 0.326 e. The van der Waals surface area contributed by atoms with E-state index >= 15 is 0 Å². The molecule has 4 heteroatoms. The lowest BCUT2D eigenvalue weighted by Crippen LogP contribution is -2.36. The van der Waals surface area contributed by atoms with Crippen LogP contribution in [-0.2, 0) is 4.79 Å². The summed E-state index contributed by atoms with van der Waals surface area (Å²) in [7, 11) is 0. The van der Waals surface area contributed by atoms with Crippen LogP contribution in [0.1, 0.15) is 26.2 Å². The van der Waals surface area contributed by atoms with Gasteiger partial charge in [-0.15, -0.1) is 0 Å². The van der Waals surface area contributed by atoms with Crippen LogP contribution in [0, 0.1) is 5.92 Å². The molecule has 0 spiro atoms. The Morgan fingerprint density at radius 1 is 1.42 bits per heavy atom. The van der Waals surface area contributed by atoms with Crippen LogP contribution in [0.4, 0.5) is 5.69 Å². The van der Waals surface area contributed by atoms with E-state index in [-0.39, 0.29) is 5.91 Å². The highest BCUT2D eigenvalue weighted by molar-refractivity contribution is 9.10. The quantitative estimate of drug-likeness (QED) is 0.919. The number of piperidine rings is 1. The minimum atomic E-state index is 0.0977. The maximum atomic E-state index is 11.9. The van der Waals surface area contributed by atoms with E-state index in [4.69, 9.17) is 0 Å². The van der Waals surface area contributed by atoms with E-state index in [1.807, 2.05) is 24.3 Å². The smallest absolute Gasteiger partial charge is 0.225 e. The van der Waals surface area contributed by atoms with Crippen molar-refractivity contribution in [3.8, 4) is 0 Å². The van der Waals surface area contributed by atoms with Gasteiger partial charge >= 0.3 is 0 Å². The lowest BCUT2D eigenvalue weighted by atomic mass is 10.0. The van der Waals surface area contributed by atoms with Crippen LogP contribution in [0.5, 0.6) is 0 Å². The van der Waals surface area contributed by atoms with Gasteiger partial charge in [0.05, 0.1) is 0 Å². The fraction of sp³-hybridized carbons (Fsp3) is 0.533. The third kappa shape index (κ3) is 4.96. The second kappa shape index (κ2) is 7.06. The molecule has 1 fully saturated rings. The van der Waals surface area contributed by atoms with E-state index < -0.39 is 0 Å². The molecule has 1 aromatic carbocycles. The molecule has 3 nitrogen and oxygen atoms in total. The summed E-state index contributed by atoms with van der Waals surface area (Å²) in [6.45, 7) is 5.42. The van der Waals surface area contributed by atoms with E-state index in [0.29, 0.717) is 6.42 Å². The summed E-state index contributed by atoms with van der Waals surface area (Å²) in [5.41, 5.74) is 0.861. The zero-order chi connectivity index (χ0) is 13.7. The third-order valence-electron chi connectivity index (χ3n) is 3.52. The number of carbonyl (C=O) groups is 1. The first-order valence-corrected chi connectivity index (χ1v) is 7.70. The predicted molar refractivity (Wildman–Crippen MR) is 82.2 cm³/mol. The van der Waals surface area contributed by atoms with Crippen LogP contribution in [0.25, 0.3) is 0 Å². The van der Waals surface area contributed by atoms with E-state index in [0.717, 1.165) is 35.7 Å². The van der Waals surface area contributed by atoms with Gasteiger partial charge in [0.1, 0.15) is 0 Å². The Morgan fingerprint density at radius 3 is 2.84 bits per heavy atom. The molecule has 1 heterocycles. The van der Waals surface area contributed by atoms with E-state index in [1.54, 1.807) is 0 Å². The van der Waals surface area contributed by atoms with Crippen molar-refractivity contribution < 1.29 is 4.79 Å². The summed E-state index contributed by atoms with van der Waals surface area (Å²) < 4.78 is 1.02. The van der Waals surface area contributed by atoms with Crippen LogP contribution in [0.3, 0.4) is 0 Å². The van der Waals surface area contributed by atoms with Crippen LogP contribution in [0.15, 0.2) is 28.7 Å². The van der Waals surface area contributed by atoms with Gasteiger partial charge in [0, 0.05) is 29.7 Å². The van der Waals surface area contributed by atoms with Crippen molar-refractivity contribution in [1.29, 1.82) is 0 Å². The first-order valence-electron chi connectivity index (χ1n) is 6.91. The zero-order valence-electron chi connectivity index (χ0n) is 11.4. The summed E-state index contributed by atoms with van der Waals surface area (Å²) >= 11 is 3.38. The highest BCUT2D eigenvalue weighted by Crippen LogP contribution is 2.16.